The Bertz CT molecular complexity index is 1120. The van der Waals surface area contributed by atoms with Crippen molar-refractivity contribution in [3.05, 3.63) is 66.0 Å². The number of nitrogens with two attached hydrogens (primary N) is 1. The molecule has 6 heteroatoms. The first-order valence-corrected chi connectivity index (χ1v) is 7.21. The minimum absolute atomic E-state index is 0.0293. The quantitative estimate of drug-likeness (QED) is 0.589. The number of primary amides is 1. The predicted molar refractivity (Wildman–Crippen MR) is 87.5 cm³/mol. The summed E-state index contributed by atoms with van der Waals surface area (Å²) in [7, 11) is 0. The molecule has 0 atom stereocenters. The smallest absolute Gasteiger partial charge is 0.269 e. The summed E-state index contributed by atoms with van der Waals surface area (Å²) in [6.07, 6.45) is 1.39. The number of hydrogen-bond donors (Lipinski definition) is 2. The number of benzene rings is 2. The van der Waals surface area contributed by atoms with E-state index in [1.54, 1.807) is 24.3 Å². The lowest BCUT2D eigenvalue weighted by Crippen LogP contribution is -2.13. The van der Waals surface area contributed by atoms with Crippen LogP contribution in [0.2, 0.25) is 0 Å². The van der Waals surface area contributed by atoms with Gasteiger partial charge in [-0.15, -0.1) is 0 Å². The number of nitrogens with one attached hydrogen (secondary N) is 1. The number of carbonyl (C=O) groups is 1. The zero-order valence-electron chi connectivity index (χ0n) is 12.3. The second-order valence-corrected chi connectivity index (χ2v) is 5.43. The summed E-state index contributed by atoms with van der Waals surface area (Å²) >= 11 is 0. The topological polar surface area (TPSA) is 71.8 Å². The molecular weight excluding hydrogens is 312 g/mol. The molecule has 0 saturated carbocycles. The number of hydrogen-bond acceptors (Lipinski definition) is 2. The van der Waals surface area contributed by atoms with Crippen molar-refractivity contribution in [2.24, 2.45) is 5.73 Å². The fourth-order valence-electron chi connectivity index (χ4n) is 2.95. The lowest BCUT2D eigenvalue weighted by molar-refractivity contribution is 0.0997. The standard InChI is InChI=1S/C18H11F2N3O/c19-9-5-6-14-11(7-9)15-12(10-3-1-2-4-13(10)20)8-22-17(18(21)24)16(15)23-14/h1-8,23H,(H2,21,24). The third-order valence-corrected chi connectivity index (χ3v) is 3.99. The van der Waals surface area contributed by atoms with E-state index in [2.05, 4.69) is 9.97 Å². The van der Waals surface area contributed by atoms with Crippen LogP contribution in [-0.2, 0) is 0 Å². The highest BCUT2D eigenvalue weighted by atomic mass is 19.1. The molecule has 118 valence electrons. The van der Waals surface area contributed by atoms with Gasteiger partial charge in [0, 0.05) is 33.6 Å². The summed E-state index contributed by atoms with van der Waals surface area (Å²) in [6, 6.07) is 10.4. The van der Waals surface area contributed by atoms with Gasteiger partial charge in [-0.1, -0.05) is 18.2 Å². The SMILES string of the molecule is NC(=O)c1ncc(-c2ccccc2F)c2c1[nH]c1ccc(F)cc12. The Morgan fingerprint density at radius 2 is 1.88 bits per heavy atom. The number of nitrogens with zero attached hydrogens (tertiary/aromatic N) is 1. The maximum atomic E-state index is 14.2. The van der Waals surface area contributed by atoms with E-state index >= 15 is 0 Å². The van der Waals surface area contributed by atoms with Gasteiger partial charge >= 0.3 is 0 Å². The van der Waals surface area contributed by atoms with E-state index in [9.17, 15) is 13.6 Å². The number of amides is 1. The number of fused-ring (bicyclic) bond motifs is 3. The van der Waals surface area contributed by atoms with Gasteiger partial charge in [-0.3, -0.25) is 4.79 Å². The number of rotatable bonds is 2. The average molecular weight is 323 g/mol. The lowest BCUT2D eigenvalue weighted by atomic mass is 10.00. The number of carbonyl (C=O) groups excluding carboxylic acids is 1. The van der Waals surface area contributed by atoms with Crippen LogP contribution < -0.4 is 5.73 Å². The minimum atomic E-state index is -0.716. The van der Waals surface area contributed by atoms with Gasteiger partial charge in [0.25, 0.3) is 5.91 Å². The molecule has 2 heterocycles. The molecule has 0 aliphatic rings. The van der Waals surface area contributed by atoms with Crippen molar-refractivity contribution < 1.29 is 13.6 Å². The molecule has 0 aliphatic carbocycles. The summed E-state index contributed by atoms with van der Waals surface area (Å²) in [4.78, 5) is 18.8. The fourth-order valence-corrected chi connectivity index (χ4v) is 2.95. The van der Waals surface area contributed by atoms with Gasteiger partial charge in [-0.05, 0) is 24.3 Å². The number of aromatic amines is 1. The molecule has 2 aromatic carbocycles. The van der Waals surface area contributed by atoms with Gasteiger partial charge < -0.3 is 10.7 Å². The molecule has 0 unspecified atom stereocenters. The average Bonchev–Trinajstić information content (AvgIpc) is 2.93. The highest BCUT2D eigenvalue weighted by molar-refractivity contribution is 6.18. The predicted octanol–water partition coefficient (Wildman–Crippen LogP) is 3.76. The van der Waals surface area contributed by atoms with Crippen molar-refractivity contribution in [1.29, 1.82) is 0 Å². The first-order chi connectivity index (χ1) is 11.6. The Morgan fingerprint density at radius 1 is 1.08 bits per heavy atom. The van der Waals surface area contributed by atoms with Crippen molar-refractivity contribution in [1.82, 2.24) is 9.97 Å². The summed E-state index contributed by atoms with van der Waals surface area (Å²) in [5.74, 6) is -1.58. The molecule has 0 fully saturated rings. The van der Waals surface area contributed by atoms with Crippen LogP contribution in [0.25, 0.3) is 32.9 Å². The number of halogens is 2. The molecular formula is C18H11F2N3O. The van der Waals surface area contributed by atoms with Crippen molar-refractivity contribution in [2.45, 2.75) is 0 Å². The molecule has 4 rings (SSSR count). The Balaban J connectivity index is 2.21. The fraction of sp³-hybridized carbons (Fsp3) is 0. The molecule has 1 amide bonds. The molecule has 0 saturated heterocycles. The lowest BCUT2D eigenvalue weighted by Gasteiger charge is -2.07. The van der Waals surface area contributed by atoms with Crippen LogP contribution in [0.3, 0.4) is 0 Å². The molecule has 0 aliphatic heterocycles. The molecule has 4 nitrogen and oxygen atoms in total. The zero-order chi connectivity index (χ0) is 16.8. The van der Waals surface area contributed by atoms with E-state index in [4.69, 9.17) is 5.73 Å². The van der Waals surface area contributed by atoms with Crippen LogP contribution in [0.4, 0.5) is 8.78 Å². The van der Waals surface area contributed by atoms with E-state index in [0.717, 1.165) is 0 Å². The normalized spacial score (nSPS) is 11.2. The van der Waals surface area contributed by atoms with Crippen molar-refractivity contribution >= 4 is 27.7 Å². The van der Waals surface area contributed by atoms with Crippen LogP contribution in [0.1, 0.15) is 10.5 Å². The van der Waals surface area contributed by atoms with Crippen LogP contribution in [0.5, 0.6) is 0 Å². The van der Waals surface area contributed by atoms with E-state index in [1.165, 1.54) is 24.4 Å². The number of H-pyrrole nitrogens is 1. The van der Waals surface area contributed by atoms with Crippen molar-refractivity contribution in [3.8, 4) is 11.1 Å². The zero-order valence-corrected chi connectivity index (χ0v) is 12.3. The summed E-state index contributed by atoms with van der Waals surface area (Å²) < 4.78 is 28.0. The van der Waals surface area contributed by atoms with Crippen LogP contribution in [-0.4, -0.2) is 15.9 Å². The van der Waals surface area contributed by atoms with Crippen LogP contribution in [0, 0.1) is 11.6 Å². The Kier molecular flexibility index (Phi) is 3.06. The summed E-state index contributed by atoms with van der Waals surface area (Å²) in [6.45, 7) is 0. The van der Waals surface area contributed by atoms with Crippen molar-refractivity contribution in [2.75, 3.05) is 0 Å². The van der Waals surface area contributed by atoms with Crippen molar-refractivity contribution in [3.63, 3.8) is 0 Å². The molecule has 2 aromatic heterocycles. The molecule has 4 aromatic rings. The Hall–Kier alpha value is -3.28. The largest absolute Gasteiger partial charge is 0.364 e. The maximum Gasteiger partial charge on any atom is 0.269 e. The number of aromatic nitrogens is 2. The van der Waals surface area contributed by atoms with Gasteiger partial charge in [0.05, 0.1) is 5.52 Å². The van der Waals surface area contributed by atoms with Gasteiger partial charge in [0.1, 0.15) is 11.6 Å². The second-order valence-electron chi connectivity index (χ2n) is 5.43. The molecule has 0 radical (unpaired) electrons. The highest BCUT2D eigenvalue weighted by Crippen LogP contribution is 2.36. The Morgan fingerprint density at radius 3 is 2.62 bits per heavy atom. The third kappa shape index (κ3) is 2.04. The van der Waals surface area contributed by atoms with E-state index in [1.807, 2.05) is 0 Å². The third-order valence-electron chi connectivity index (χ3n) is 3.99. The Labute approximate surface area is 134 Å². The maximum absolute atomic E-state index is 14.2. The minimum Gasteiger partial charge on any atom is -0.364 e. The molecule has 3 N–H and O–H groups in total. The van der Waals surface area contributed by atoms with Crippen LogP contribution in [0.15, 0.2) is 48.7 Å². The monoisotopic (exact) mass is 323 g/mol. The number of pyridine rings is 1. The van der Waals surface area contributed by atoms with E-state index in [0.29, 0.717) is 32.9 Å². The first kappa shape index (κ1) is 14.3. The molecule has 0 spiro atoms. The van der Waals surface area contributed by atoms with E-state index in [-0.39, 0.29) is 5.69 Å². The summed E-state index contributed by atoms with van der Waals surface area (Å²) in [5, 5.41) is 1.05. The molecule has 24 heavy (non-hydrogen) atoms. The van der Waals surface area contributed by atoms with E-state index < -0.39 is 17.5 Å². The van der Waals surface area contributed by atoms with Gasteiger partial charge in [-0.2, -0.15) is 0 Å². The van der Waals surface area contributed by atoms with Gasteiger partial charge in [0.15, 0.2) is 5.69 Å². The second kappa shape index (κ2) is 5.13. The van der Waals surface area contributed by atoms with Gasteiger partial charge in [-0.25, -0.2) is 13.8 Å². The molecule has 0 bridgehead atoms. The van der Waals surface area contributed by atoms with Gasteiger partial charge in [0.2, 0.25) is 0 Å². The highest BCUT2D eigenvalue weighted by Gasteiger charge is 2.19. The van der Waals surface area contributed by atoms with Crippen LogP contribution >= 0.6 is 0 Å². The first-order valence-electron chi connectivity index (χ1n) is 7.21. The summed E-state index contributed by atoms with van der Waals surface area (Å²) in [5.41, 5.74) is 7.16.